The Kier molecular flexibility index (Phi) is 3.65. The van der Waals surface area contributed by atoms with Crippen molar-refractivity contribution in [2.45, 2.75) is 45.6 Å². The van der Waals surface area contributed by atoms with E-state index in [4.69, 9.17) is 4.74 Å². The summed E-state index contributed by atoms with van der Waals surface area (Å²) in [6.07, 6.45) is 0.986. The smallest absolute Gasteiger partial charge is 0.339 e. The zero-order valence-electron chi connectivity index (χ0n) is 12.1. The first-order chi connectivity index (χ1) is 8.76. The van der Waals surface area contributed by atoms with E-state index in [0.29, 0.717) is 11.5 Å². The Balaban J connectivity index is 2.70. The molecule has 3 nitrogen and oxygen atoms in total. The van der Waals surface area contributed by atoms with E-state index in [2.05, 4.69) is 48.9 Å². The van der Waals surface area contributed by atoms with Crippen molar-refractivity contribution in [2.24, 2.45) is 0 Å². The summed E-state index contributed by atoms with van der Waals surface area (Å²) in [5.74, 6) is 0.0352. The van der Waals surface area contributed by atoms with E-state index in [0.717, 1.165) is 27.7 Å². The van der Waals surface area contributed by atoms with Gasteiger partial charge in [-0.05, 0) is 66.2 Å². The van der Waals surface area contributed by atoms with Crippen LogP contribution in [0, 0.1) is 6.92 Å². The van der Waals surface area contributed by atoms with Crippen LogP contribution in [0.4, 0.5) is 5.69 Å². The molecule has 4 heteroatoms. The highest BCUT2D eigenvalue weighted by atomic mass is 79.9. The first kappa shape index (κ1) is 14.4. The van der Waals surface area contributed by atoms with Gasteiger partial charge in [-0.25, -0.2) is 4.79 Å². The van der Waals surface area contributed by atoms with Gasteiger partial charge in [0.25, 0.3) is 0 Å². The van der Waals surface area contributed by atoms with E-state index in [1.165, 1.54) is 7.11 Å². The van der Waals surface area contributed by atoms with Crippen LogP contribution in [0.1, 0.15) is 54.6 Å². The molecule has 0 saturated heterocycles. The Labute approximate surface area is 122 Å². The molecule has 1 heterocycles. The number of fused-ring (bicyclic) bond motifs is 1. The van der Waals surface area contributed by atoms with Crippen LogP contribution in [0.5, 0.6) is 0 Å². The monoisotopic (exact) mass is 325 g/mol. The van der Waals surface area contributed by atoms with Crippen molar-refractivity contribution in [1.82, 2.24) is 0 Å². The van der Waals surface area contributed by atoms with E-state index in [-0.39, 0.29) is 11.5 Å². The van der Waals surface area contributed by atoms with E-state index >= 15 is 0 Å². The first-order valence-electron chi connectivity index (χ1n) is 6.46. The second-order valence-electron chi connectivity index (χ2n) is 5.94. The van der Waals surface area contributed by atoms with Crippen molar-refractivity contribution in [3.8, 4) is 0 Å². The molecule has 1 aromatic carbocycles. The Bertz CT molecular complexity index is 537. The van der Waals surface area contributed by atoms with E-state index in [1.54, 1.807) is 0 Å². The van der Waals surface area contributed by atoms with Gasteiger partial charge >= 0.3 is 5.97 Å². The minimum atomic E-state index is -0.281. The number of carbonyl (C=O) groups is 1. The van der Waals surface area contributed by atoms with Gasteiger partial charge in [0, 0.05) is 15.7 Å². The van der Waals surface area contributed by atoms with Gasteiger partial charge in [-0.2, -0.15) is 0 Å². The molecule has 0 radical (unpaired) electrons. The number of nitrogens with one attached hydrogen (secondary N) is 1. The Morgan fingerprint density at radius 2 is 2.16 bits per heavy atom. The van der Waals surface area contributed by atoms with Gasteiger partial charge in [0.05, 0.1) is 12.7 Å². The lowest BCUT2D eigenvalue weighted by Gasteiger charge is -2.39. The highest BCUT2D eigenvalue weighted by molar-refractivity contribution is 9.10. The molecule has 1 aliphatic rings. The largest absolute Gasteiger partial charge is 0.465 e. The fourth-order valence-corrected chi connectivity index (χ4v) is 3.74. The fourth-order valence-electron chi connectivity index (χ4n) is 3.03. The molecule has 1 atom stereocenters. The predicted octanol–water partition coefficient (Wildman–Crippen LogP) is 4.24. The van der Waals surface area contributed by atoms with Crippen LogP contribution in [-0.4, -0.2) is 18.6 Å². The number of aryl methyl sites for hydroxylation is 1. The van der Waals surface area contributed by atoms with Gasteiger partial charge in [-0.3, -0.25) is 0 Å². The fraction of sp³-hybridized carbons (Fsp3) is 0.533. The van der Waals surface area contributed by atoms with Gasteiger partial charge in [-0.15, -0.1) is 0 Å². The summed E-state index contributed by atoms with van der Waals surface area (Å²) < 4.78 is 5.74. The number of ether oxygens (including phenoxy) is 1. The van der Waals surface area contributed by atoms with Crippen LogP contribution in [-0.2, 0) is 4.74 Å². The predicted molar refractivity (Wildman–Crippen MR) is 81.0 cm³/mol. The highest BCUT2D eigenvalue weighted by Crippen LogP contribution is 2.44. The number of esters is 1. The molecule has 0 amide bonds. The number of methoxy groups -OCH3 is 1. The molecule has 0 saturated carbocycles. The zero-order valence-corrected chi connectivity index (χ0v) is 13.6. The molecule has 1 N–H and O–H groups in total. The lowest BCUT2D eigenvalue weighted by atomic mass is 9.79. The number of carbonyl (C=O) groups excluding carboxylic acids is 1. The van der Waals surface area contributed by atoms with Gasteiger partial charge in [-0.1, -0.05) is 6.92 Å². The second kappa shape index (κ2) is 4.82. The first-order valence-corrected chi connectivity index (χ1v) is 7.25. The van der Waals surface area contributed by atoms with Gasteiger partial charge < -0.3 is 10.1 Å². The van der Waals surface area contributed by atoms with Crippen LogP contribution >= 0.6 is 15.9 Å². The van der Waals surface area contributed by atoms with Crippen molar-refractivity contribution in [2.75, 3.05) is 12.4 Å². The summed E-state index contributed by atoms with van der Waals surface area (Å²) in [7, 11) is 1.42. The van der Waals surface area contributed by atoms with Gasteiger partial charge in [0.15, 0.2) is 0 Å². The third kappa shape index (κ3) is 2.50. The van der Waals surface area contributed by atoms with Crippen LogP contribution in [0.25, 0.3) is 0 Å². The molecule has 0 spiro atoms. The van der Waals surface area contributed by atoms with Crippen molar-refractivity contribution in [1.29, 1.82) is 0 Å². The minimum Gasteiger partial charge on any atom is -0.465 e. The molecule has 1 aliphatic heterocycles. The van der Waals surface area contributed by atoms with Gasteiger partial charge in [0.2, 0.25) is 0 Å². The average Bonchev–Trinajstić information content (AvgIpc) is 2.29. The molecule has 2 rings (SSSR count). The molecule has 0 fully saturated rings. The minimum absolute atomic E-state index is 0.0401. The van der Waals surface area contributed by atoms with Crippen LogP contribution in [0.15, 0.2) is 10.5 Å². The molecule has 0 aliphatic carbocycles. The van der Waals surface area contributed by atoms with E-state index < -0.39 is 0 Å². The van der Waals surface area contributed by atoms with Gasteiger partial charge in [0.1, 0.15) is 0 Å². The summed E-state index contributed by atoms with van der Waals surface area (Å²) in [6.45, 7) is 8.60. The average molecular weight is 326 g/mol. The van der Waals surface area contributed by atoms with Crippen LogP contribution < -0.4 is 5.32 Å². The molecule has 0 aromatic heterocycles. The third-order valence-corrected chi connectivity index (χ3v) is 4.30. The Hall–Kier alpha value is -1.03. The maximum atomic E-state index is 12.0. The molecular formula is C15H20BrNO2. The topological polar surface area (TPSA) is 38.3 Å². The summed E-state index contributed by atoms with van der Waals surface area (Å²) >= 11 is 3.50. The number of hydrogen-bond acceptors (Lipinski definition) is 3. The summed E-state index contributed by atoms with van der Waals surface area (Å²) in [6, 6.07) is 1.98. The van der Waals surface area contributed by atoms with E-state index in [9.17, 15) is 4.79 Å². The standard InChI is InChI=1S/C15H20BrNO2/c1-8-6-10(16)12(14(18)19-5)11-9(2)7-15(3,4)17-13(8)11/h6,9,17H,7H2,1-5H3. The van der Waals surface area contributed by atoms with Crippen molar-refractivity contribution in [3.05, 3.63) is 27.2 Å². The van der Waals surface area contributed by atoms with Crippen LogP contribution in [0.2, 0.25) is 0 Å². The normalized spacial score (nSPS) is 20.4. The molecule has 0 bridgehead atoms. The van der Waals surface area contributed by atoms with E-state index in [1.807, 2.05) is 6.07 Å². The molecule has 1 unspecified atom stereocenters. The molecule has 19 heavy (non-hydrogen) atoms. The zero-order chi connectivity index (χ0) is 14.4. The number of rotatable bonds is 1. The maximum absolute atomic E-state index is 12.0. The summed E-state index contributed by atoms with van der Waals surface area (Å²) in [5.41, 5.74) is 3.98. The molecule has 1 aromatic rings. The highest BCUT2D eigenvalue weighted by Gasteiger charge is 2.34. The number of halogens is 1. The lowest BCUT2D eigenvalue weighted by molar-refractivity contribution is 0.0597. The van der Waals surface area contributed by atoms with Crippen LogP contribution in [0.3, 0.4) is 0 Å². The Morgan fingerprint density at radius 1 is 1.53 bits per heavy atom. The SMILES string of the molecule is COC(=O)c1c(Br)cc(C)c2c1C(C)CC(C)(C)N2. The van der Waals surface area contributed by atoms with Crippen molar-refractivity contribution >= 4 is 27.6 Å². The number of benzene rings is 1. The number of hydrogen-bond donors (Lipinski definition) is 1. The maximum Gasteiger partial charge on any atom is 0.339 e. The summed E-state index contributed by atoms with van der Waals surface area (Å²) in [5, 5.41) is 3.55. The Morgan fingerprint density at radius 3 is 2.74 bits per heavy atom. The summed E-state index contributed by atoms with van der Waals surface area (Å²) in [4.78, 5) is 12.0. The third-order valence-electron chi connectivity index (χ3n) is 3.68. The second-order valence-corrected chi connectivity index (χ2v) is 6.80. The molecule has 104 valence electrons. The molecular weight excluding hydrogens is 306 g/mol. The van der Waals surface area contributed by atoms with Crippen molar-refractivity contribution in [3.63, 3.8) is 0 Å². The lowest BCUT2D eigenvalue weighted by Crippen LogP contribution is -2.38. The van der Waals surface area contributed by atoms with Crippen molar-refractivity contribution < 1.29 is 9.53 Å². The number of anilines is 1. The quantitative estimate of drug-likeness (QED) is 0.785.